The normalized spacial score (nSPS) is 21.7. The lowest BCUT2D eigenvalue weighted by molar-refractivity contribution is -0.901. The third kappa shape index (κ3) is 4.46. The van der Waals surface area contributed by atoms with Crippen LogP contribution in [0.1, 0.15) is 36.8 Å². The number of alkyl carbamates (subject to hydrolysis) is 1. The zero-order valence-corrected chi connectivity index (χ0v) is 19.4. The number of quaternary nitrogens is 1. The van der Waals surface area contributed by atoms with Crippen LogP contribution in [0.25, 0.3) is 11.1 Å². The number of nitrogens with zero attached hydrogens (tertiary/aromatic N) is 1. The summed E-state index contributed by atoms with van der Waals surface area (Å²) in [5, 5.41) is 12.7. The summed E-state index contributed by atoms with van der Waals surface area (Å²) < 4.78 is 6.28. The Hall–Kier alpha value is -3.30. The molecule has 1 fully saturated rings. The Morgan fingerprint density at radius 2 is 1.76 bits per heavy atom. The van der Waals surface area contributed by atoms with Crippen LogP contribution in [0.4, 0.5) is 4.79 Å². The van der Waals surface area contributed by atoms with Gasteiger partial charge in [-0.3, -0.25) is 0 Å². The van der Waals surface area contributed by atoms with Crippen molar-refractivity contribution < 1.29 is 23.9 Å². The van der Waals surface area contributed by atoms with Crippen LogP contribution in [-0.2, 0) is 9.53 Å². The van der Waals surface area contributed by atoms with Crippen LogP contribution in [0, 0.1) is 17.3 Å². The summed E-state index contributed by atoms with van der Waals surface area (Å²) in [7, 11) is 4.13. The highest BCUT2D eigenvalue weighted by Gasteiger charge is 2.50. The molecule has 1 aliphatic heterocycles. The standard InChI is InChI=1S/C27H30N2O4/c1-4-14-27(15-9-16-29(2,3)18-27)24(25(30)31)28-26(32)33-17-23-21-12-7-5-10-19(21)20-11-6-8-13-22(20)23/h5-8,10-13,23-24H,9,15-18H2,1-3H3,(H-,28,30,31,32)/p+1/t24-,27+/m0/s1. The molecule has 0 aromatic heterocycles. The third-order valence-electron chi connectivity index (χ3n) is 6.88. The summed E-state index contributed by atoms with van der Waals surface area (Å²) in [4.78, 5) is 25.1. The lowest BCUT2D eigenvalue weighted by Gasteiger charge is -2.45. The zero-order valence-electron chi connectivity index (χ0n) is 19.4. The van der Waals surface area contributed by atoms with Gasteiger partial charge < -0.3 is 19.6 Å². The molecule has 0 bridgehead atoms. The van der Waals surface area contributed by atoms with Crippen molar-refractivity contribution in [2.45, 2.75) is 31.7 Å². The van der Waals surface area contributed by atoms with Crippen LogP contribution in [0.15, 0.2) is 48.5 Å². The van der Waals surface area contributed by atoms with Gasteiger partial charge in [-0.2, -0.15) is 0 Å². The van der Waals surface area contributed by atoms with Gasteiger partial charge in [-0.05, 0) is 42.0 Å². The molecule has 0 saturated carbocycles. The third-order valence-corrected chi connectivity index (χ3v) is 6.88. The molecule has 1 amide bonds. The number of rotatable bonds is 5. The molecule has 0 radical (unpaired) electrons. The van der Waals surface area contributed by atoms with Crippen molar-refractivity contribution in [3.05, 3.63) is 59.7 Å². The van der Waals surface area contributed by atoms with Gasteiger partial charge in [0.1, 0.15) is 12.0 Å². The van der Waals surface area contributed by atoms with Crippen LogP contribution in [-0.4, -0.2) is 61.5 Å². The largest absolute Gasteiger partial charge is 0.480 e. The molecule has 172 valence electrons. The van der Waals surface area contributed by atoms with E-state index in [1.165, 1.54) is 0 Å². The Bertz CT molecular complexity index is 1080. The quantitative estimate of drug-likeness (QED) is 0.539. The molecule has 2 aliphatic rings. The maximum absolute atomic E-state index is 12.8. The second kappa shape index (κ2) is 8.92. The highest BCUT2D eigenvalue weighted by Crippen LogP contribution is 2.44. The summed E-state index contributed by atoms with van der Waals surface area (Å²) in [6.07, 6.45) is 0.742. The smallest absolute Gasteiger partial charge is 0.407 e. The van der Waals surface area contributed by atoms with Gasteiger partial charge in [0.25, 0.3) is 0 Å². The minimum Gasteiger partial charge on any atom is -0.480 e. The maximum atomic E-state index is 12.8. The van der Waals surface area contributed by atoms with Crippen LogP contribution in [0.2, 0.25) is 0 Å². The molecule has 2 aromatic carbocycles. The Morgan fingerprint density at radius 3 is 2.30 bits per heavy atom. The Kier molecular flexibility index (Phi) is 6.18. The van der Waals surface area contributed by atoms with Gasteiger partial charge in [-0.15, -0.1) is 5.92 Å². The number of hydrogen-bond acceptors (Lipinski definition) is 3. The zero-order chi connectivity index (χ0) is 23.6. The number of carbonyl (C=O) groups excluding carboxylic acids is 1. The number of hydrogen-bond donors (Lipinski definition) is 2. The number of aliphatic carboxylic acids is 1. The fourth-order valence-corrected chi connectivity index (χ4v) is 5.60. The maximum Gasteiger partial charge on any atom is 0.407 e. The Balaban J connectivity index is 1.52. The predicted molar refractivity (Wildman–Crippen MR) is 127 cm³/mol. The molecule has 2 N–H and O–H groups in total. The summed E-state index contributed by atoms with van der Waals surface area (Å²) >= 11 is 0. The van der Waals surface area contributed by atoms with Crippen molar-refractivity contribution in [2.24, 2.45) is 5.41 Å². The van der Waals surface area contributed by atoms with Crippen molar-refractivity contribution in [1.29, 1.82) is 0 Å². The van der Waals surface area contributed by atoms with E-state index in [9.17, 15) is 14.7 Å². The van der Waals surface area contributed by atoms with E-state index < -0.39 is 23.5 Å². The van der Waals surface area contributed by atoms with E-state index in [1.54, 1.807) is 6.92 Å². The van der Waals surface area contributed by atoms with E-state index in [2.05, 4.69) is 55.5 Å². The van der Waals surface area contributed by atoms with Crippen LogP contribution < -0.4 is 5.32 Å². The van der Waals surface area contributed by atoms with E-state index in [-0.39, 0.29) is 12.5 Å². The van der Waals surface area contributed by atoms with Gasteiger partial charge in [0.05, 0.1) is 27.2 Å². The van der Waals surface area contributed by atoms with Gasteiger partial charge in [-0.25, -0.2) is 9.59 Å². The summed E-state index contributed by atoms with van der Waals surface area (Å²) in [5.41, 5.74) is 3.67. The van der Waals surface area contributed by atoms with Crippen molar-refractivity contribution >= 4 is 12.1 Å². The topological polar surface area (TPSA) is 75.6 Å². The molecule has 6 nitrogen and oxygen atoms in total. The molecule has 6 heteroatoms. The van der Waals surface area contributed by atoms with Crippen molar-refractivity contribution in [3.63, 3.8) is 0 Å². The molecule has 1 saturated heterocycles. The molecule has 2 atom stereocenters. The minimum atomic E-state index is -1.14. The first-order valence-electron chi connectivity index (χ1n) is 11.4. The molecule has 0 unspecified atom stereocenters. The fourth-order valence-electron chi connectivity index (χ4n) is 5.60. The van der Waals surface area contributed by atoms with Gasteiger partial charge in [0.15, 0.2) is 6.04 Å². The van der Waals surface area contributed by atoms with Crippen LogP contribution >= 0.6 is 0 Å². The van der Waals surface area contributed by atoms with E-state index in [1.807, 2.05) is 24.3 Å². The number of carboxylic acids is 1. The lowest BCUT2D eigenvalue weighted by Crippen LogP contribution is -2.62. The number of likely N-dealkylation sites (tertiary alicyclic amines) is 1. The van der Waals surface area contributed by atoms with Crippen molar-refractivity contribution in [1.82, 2.24) is 5.32 Å². The SMILES string of the molecule is CC#C[C@@]1([C@@H](NC(=O)OCC2c3ccccc3-c3ccccc32)C(=O)O)CCC[N+](C)(C)C1. The number of nitrogens with one attached hydrogen (secondary N) is 1. The van der Waals surface area contributed by atoms with Crippen LogP contribution in [0.5, 0.6) is 0 Å². The van der Waals surface area contributed by atoms with Gasteiger partial charge in [-0.1, -0.05) is 54.5 Å². The molecule has 2 aromatic rings. The van der Waals surface area contributed by atoms with E-state index in [0.717, 1.165) is 35.2 Å². The molecule has 4 rings (SSSR count). The number of fused-ring (bicyclic) bond motifs is 3. The van der Waals surface area contributed by atoms with Gasteiger partial charge in [0.2, 0.25) is 0 Å². The molecular weight excluding hydrogens is 416 g/mol. The van der Waals surface area contributed by atoms with E-state index in [4.69, 9.17) is 4.74 Å². The molecule has 0 spiro atoms. The van der Waals surface area contributed by atoms with Crippen molar-refractivity contribution in [2.75, 3.05) is 33.8 Å². The number of benzene rings is 2. The minimum absolute atomic E-state index is 0.0823. The fraction of sp³-hybridized carbons (Fsp3) is 0.407. The van der Waals surface area contributed by atoms with E-state index >= 15 is 0 Å². The number of amides is 1. The summed E-state index contributed by atoms with van der Waals surface area (Å²) in [6, 6.07) is 15.1. The first kappa shape index (κ1) is 22.9. The second-order valence-electron chi connectivity index (χ2n) is 9.69. The molecule has 1 aliphatic carbocycles. The highest BCUT2D eigenvalue weighted by atomic mass is 16.5. The monoisotopic (exact) mass is 447 g/mol. The average Bonchev–Trinajstić information content (AvgIpc) is 3.09. The Labute approximate surface area is 195 Å². The second-order valence-corrected chi connectivity index (χ2v) is 9.69. The summed E-state index contributed by atoms with van der Waals surface area (Å²) in [6.45, 7) is 3.35. The Morgan fingerprint density at radius 1 is 1.15 bits per heavy atom. The molecule has 1 heterocycles. The average molecular weight is 448 g/mol. The van der Waals surface area contributed by atoms with Crippen LogP contribution in [0.3, 0.4) is 0 Å². The number of carboxylic acid groups (broad SMARTS) is 1. The van der Waals surface area contributed by atoms with E-state index in [0.29, 0.717) is 17.4 Å². The predicted octanol–water partition coefficient (Wildman–Crippen LogP) is 3.86. The first-order valence-corrected chi connectivity index (χ1v) is 11.4. The summed E-state index contributed by atoms with van der Waals surface area (Å²) in [5.74, 6) is 4.88. The lowest BCUT2D eigenvalue weighted by atomic mass is 9.73. The molecule has 33 heavy (non-hydrogen) atoms. The molecular formula is C27H31N2O4+. The first-order chi connectivity index (χ1) is 15.8. The van der Waals surface area contributed by atoms with Gasteiger partial charge in [0, 0.05) is 5.92 Å². The highest BCUT2D eigenvalue weighted by molar-refractivity contribution is 5.82. The number of carbonyl (C=O) groups is 2. The number of piperidine rings is 1. The number of ether oxygens (including phenoxy) is 1. The van der Waals surface area contributed by atoms with Gasteiger partial charge >= 0.3 is 12.1 Å². The van der Waals surface area contributed by atoms with Crippen molar-refractivity contribution in [3.8, 4) is 23.0 Å².